The third kappa shape index (κ3) is 2.60. The predicted octanol–water partition coefficient (Wildman–Crippen LogP) is 2.89. The van der Waals surface area contributed by atoms with Crippen molar-refractivity contribution in [1.29, 1.82) is 5.26 Å². The van der Waals surface area contributed by atoms with E-state index in [-0.39, 0.29) is 5.41 Å². The summed E-state index contributed by atoms with van der Waals surface area (Å²) in [4.78, 5) is 21.6. The lowest BCUT2D eigenvalue weighted by Gasteiger charge is -2.42. The van der Waals surface area contributed by atoms with Crippen molar-refractivity contribution in [3.05, 3.63) is 42.0 Å². The van der Waals surface area contributed by atoms with Crippen LogP contribution in [0.5, 0.6) is 0 Å². The smallest absolute Gasteiger partial charge is 0.142 e. The Hall–Kier alpha value is -3.14. The first-order chi connectivity index (χ1) is 13.6. The minimum absolute atomic E-state index is 0.176. The van der Waals surface area contributed by atoms with Crippen LogP contribution in [0, 0.1) is 29.6 Å². The Bertz CT molecular complexity index is 1080. The minimum atomic E-state index is 0.176. The van der Waals surface area contributed by atoms with E-state index in [9.17, 15) is 0 Å². The summed E-state index contributed by atoms with van der Waals surface area (Å²) >= 11 is 0. The molecule has 0 aromatic carbocycles. The monoisotopic (exact) mass is 373 g/mol. The van der Waals surface area contributed by atoms with Gasteiger partial charge in [0.25, 0.3) is 0 Å². The molecule has 0 aliphatic carbocycles. The topological polar surface area (TPSA) is 84.7 Å². The van der Waals surface area contributed by atoms with Crippen LogP contribution >= 0.6 is 0 Å². The van der Waals surface area contributed by atoms with Gasteiger partial charge in [0.1, 0.15) is 29.7 Å². The van der Waals surface area contributed by atoms with Gasteiger partial charge < -0.3 is 14.8 Å². The molecule has 0 saturated carbocycles. The number of hydrogen-bond donors (Lipinski definition) is 1. The van der Waals surface area contributed by atoms with Crippen LogP contribution in [0.1, 0.15) is 24.6 Å². The molecular formula is C21H23N7. The van der Waals surface area contributed by atoms with Crippen LogP contribution in [0.3, 0.4) is 0 Å². The van der Waals surface area contributed by atoms with E-state index in [2.05, 4.69) is 43.8 Å². The van der Waals surface area contributed by atoms with Crippen molar-refractivity contribution in [2.45, 2.75) is 20.3 Å². The molecule has 2 fully saturated rings. The Balaban J connectivity index is 1.41. The molecule has 28 heavy (non-hydrogen) atoms. The van der Waals surface area contributed by atoms with Gasteiger partial charge in [0.2, 0.25) is 0 Å². The fraction of sp³-hybridized carbons (Fsp3) is 0.429. The van der Waals surface area contributed by atoms with Crippen molar-refractivity contribution in [3.8, 4) is 6.07 Å². The minimum Gasteiger partial charge on any atom is -0.356 e. The second kappa shape index (κ2) is 6.20. The van der Waals surface area contributed by atoms with Gasteiger partial charge in [-0.25, -0.2) is 15.0 Å². The van der Waals surface area contributed by atoms with Gasteiger partial charge in [-0.2, -0.15) is 5.26 Å². The van der Waals surface area contributed by atoms with E-state index in [1.165, 1.54) is 0 Å². The lowest BCUT2D eigenvalue weighted by atomic mass is 9.75. The van der Waals surface area contributed by atoms with Crippen LogP contribution in [0.15, 0.2) is 30.7 Å². The van der Waals surface area contributed by atoms with Crippen molar-refractivity contribution >= 4 is 22.7 Å². The van der Waals surface area contributed by atoms with Gasteiger partial charge in [-0.1, -0.05) is 6.92 Å². The Labute approximate surface area is 164 Å². The van der Waals surface area contributed by atoms with Gasteiger partial charge in [0, 0.05) is 37.8 Å². The number of H-pyrrole nitrogens is 1. The standard InChI is InChI=1S/C21H23N7/c1-14-15(9-22)3-4-18(26-14)28-10-16-6-8-27(11-21(16,2)12-28)20-17-5-7-23-19(17)24-13-25-20/h3-5,7,13,16H,6,8,10-12H2,1-2H3,(H,23,24,25). The first kappa shape index (κ1) is 17.0. The summed E-state index contributed by atoms with van der Waals surface area (Å²) in [5.41, 5.74) is 2.52. The van der Waals surface area contributed by atoms with Crippen molar-refractivity contribution in [3.63, 3.8) is 0 Å². The summed E-state index contributed by atoms with van der Waals surface area (Å²) in [6.07, 6.45) is 4.71. The molecule has 0 spiro atoms. The summed E-state index contributed by atoms with van der Waals surface area (Å²) < 4.78 is 0. The predicted molar refractivity (Wildman–Crippen MR) is 108 cm³/mol. The molecule has 0 bridgehead atoms. The number of nitrogens with zero attached hydrogens (tertiary/aromatic N) is 6. The maximum Gasteiger partial charge on any atom is 0.142 e. The Morgan fingerprint density at radius 1 is 1.21 bits per heavy atom. The Morgan fingerprint density at radius 2 is 2.07 bits per heavy atom. The quantitative estimate of drug-likeness (QED) is 0.743. The fourth-order valence-corrected chi connectivity index (χ4v) is 4.87. The number of aromatic nitrogens is 4. The number of nitrogens with one attached hydrogen (secondary N) is 1. The SMILES string of the molecule is Cc1nc(N2CC3CCN(c4ncnc5[nH]ccc45)CC3(C)C2)ccc1C#N. The van der Waals surface area contributed by atoms with E-state index in [0.717, 1.165) is 61.0 Å². The molecule has 2 atom stereocenters. The number of aryl methyl sites for hydroxylation is 1. The number of anilines is 2. The number of nitriles is 1. The third-order valence-corrected chi connectivity index (χ3v) is 6.43. The van der Waals surface area contributed by atoms with Crippen LogP contribution < -0.4 is 9.80 Å². The molecule has 3 aromatic rings. The van der Waals surface area contributed by atoms with E-state index in [1.807, 2.05) is 25.3 Å². The number of aromatic amines is 1. The highest BCUT2D eigenvalue weighted by atomic mass is 15.3. The molecule has 2 saturated heterocycles. The lowest BCUT2D eigenvalue weighted by molar-refractivity contribution is 0.216. The average molecular weight is 373 g/mol. The van der Waals surface area contributed by atoms with Crippen molar-refractivity contribution in [2.24, 2.45) is 11.3 Å². The molecule has 0 radical (unpaired) electrons. The summed E-state index contributed by atoms with van der Waals surface area (Å²) in [6, 6.07) is 8.13. The zero-order valence-corrected chi connectivity index (χ0v) is 16.2. The van der Waals surface area contributed by atoms with Crippen LogP contribution in [0.2, 0.25) is 0 Å². The lowest BCUT2D eigenvalue weighted by Crippen LogP contribution is -2.47. The molecule has 2 aliphatic rings. The van der Waals surface area contributed by atoms with Crippen LogP contribution in [0.25, 0.3) is 11.0 Å². The molecule has 5 heterocycles. The van der Waals surface area contributed by atoms with Crippen molar-refractivity contribution in [1.82, 2.24) is 19.9 Å². The zero-order chi connectivity index (χ0) is 19.3. The van der Waals surface area contributed by atoms with Gasteiger partial charge in [-0.05, 0) is 37.5 Å². The third-order valence-electron chi connectivity index (χ3n) is 6.43. The molecule has 2 unspecified atom stereocenters. The summed E-state index contributed by atoms with van der Waals surface area (Å²) in [5.74, 6) is 2.63. The van der Waals surface area contributed by atoms with E-state index >= 15 is 0 Å². The Kier molecular flexibility index (Phi) is 3.76. The highest BCUT2D eigenvalue weighted by molar-refractivity contribution is 5.87. The molecule has 5 rings (SSSR count). The van der Waals surface area contributed by atoms with Crippen molar-refractivity contribution < 1.29 is 0 Å². The number of fused-ring (bicyclic) bond motifs is 2. The number of pyridine rings is 1. The van der Waals surface area contributed by atoms with Gasteiger partial charge >= 0.3 is 0 Å². The van der Waals surface area contributed by atoms with Gasteiger partial charge in [-0.15, -0.1) is 0 Å². The molecule has 2 aliphatic heterocycles. The molecular weight excluding hydrogens is 350 g/mol. The van der Waals surface area contributed by atoms with E-state index < -0.39 is 0 Å². The summed E-state index contributed by atoms with van der Waals surface area (Å²) in [5, 5.41) is 10.2. The fourth-order valence-electron chi connectivity index (χ4n) is 4.87. The van der Waals surface area contributed by atoms with Crippen LogP contribution in [0.4, 0.5) is 11.6 Å². The maximum absolute atomic E-state index is 9.16. The summed E-state index contributed by atoms with van der Waals surface area (Å²) in [7, 11) is 0. The largest absolute Gasteiger partial charge is 0.356 e. The van der Waals surface area contributed by atoms with E-state index in [4.69, 9.17) is 10.2 Å². The second-order valence-electron chi connectivity index (χ2n) is 8.29. The average Bonchev–Trinajstić information content (AvgIpc) is 3.30. The highest BCUT2D eigenvalue weighted by Crippen LogP contribution is 2.44. The number of rotatable bonds is 2. The van der Waals surface area contributed by atoms with Crippen LogP contribution in [-0.4, -0.2) is 46.1 Å². The normalized spacial score (nSPS) is 24.4. The molecule has 3 aromatic heterocycles. The zero-order valence-electron chi connectivity index (χ0n) is 16.2. The second-order valence-corrected chi connectivity index (χ2v) is 8.29. The van der Waals surface area contributed by atoms with Crippen molar-refractivity contribution in [2.75, 3.05) is 36.0 Å². The number of hydrogen-bond acceptors (Lipinski definition) is 6. The van der Waals surface area contributed by atoms with Crippen LogP contribution in [-0.2, 0) is 0 Å². The maximum atomic E-state index is 9.16. The Morgan fingerprint density at radius 3 is 2.89 bits per heavy atom. The molecule has 7 nitrogen and oxygen atoms in total. The van der Waals surface area contributed by atoms with Gasteiger partial charge in [0.05, 0.1) is 16.6 Å². The van der Waals surface area contributed by atoms with Gasteiger partial charge in [-0.3, -0.25) is 0 Å². The number of piperidine rings is 1. The first-order valence-corrected chi connectivity index (χ1v) is 9.73. The first-order valence-electron chi connectivity index (χ1n) is 9.73. The highest BCUT2D eigenvalue weighted by Gasteiger charge is 2.47. The molecule has 0 amide bonds. The van der Waals surface area contributed by atoms with Gasteiger partial charge in [0.15, 0.2) is 0 Å². The molecule has 1 N–H and O–H groups in total. The summed E-state index contributed by atoms with van der Waals surface area (Å²) in [6.45, 7) is 8.26. The molecule has 142 valence electrons. The molecule has 7 heteroatoms. The van der Waals surface area contributed by atoms with E-state index in [0.29, 0.717) is 11.5 Å². The van der Waals surface area contributed by atoms with E-state index in [1.54, 1.807) is 6.33 Å².